The van der Waals surface area contributed by atoms with E-state index >= 15 is 0 Å². The maximum atomic E-state index is 12.1. The summed E-state index contributed by atoms with van der Waals surface area (Å²) >= 11 is 0. The molecule has 4 rings (SSSR count). The van der Waals surface area contributed by atoms with Crippen LogP contribution in [-0.4, -0.2) is 45.4 Å². The lowest BCUT2D eigenvalue weighted by Gasteiger charge is -2.62. The molecular weight excluding hydrogens is 448 g/mol. The Morgan fingerprint density at radius 2 is 1.63 bits per heavy atom. The summed E-state index contributed by atoms with van der Waals surface area (Å²) in [6, 6.07) is 0. The Hall–Kier alpha value is -1.63. The predicted octanol–water partition coefficient (Wildman–Crippen LogP) is 4.89. The quantitative estimate of drug-likeness (QED) is 0.412. The van der Waals surface area contributed by atoms with Crippen molar-refractivity contribution in [3.8, 4) is 0 Å². The first-order chi connectivity index (χ1) is 16.5. The standard InChI is InChI=1S/C28H44O7/c1-16(4-9-24(30)31)20-7-8-21-19-6-5-17-14-18(35-26(34)11-10-25(32)33)12-13-27(17,2)22(19)15-23(29)28(20,21)3/h16-23,29H,4-15H2,1-3H3,(H,30,31)(H,32,33)/t16-,17-,18-,19+,20+,21-,22-,23+,27+,28-/m1/s1. The molecule has 7 nitrogen and oxygen atoms in total. The van der Waals surface area contributed by atoms with Crippen LogP contribution in [0.25, 0.3) is 0 Å². The Bertz CT molecular complexity index is 826. The average molecular weight is 493 g/mol. The molecule has 4 aliphatic rings. The first kappa shape index (κ1) is 26.4. The highest BCUT2D eigenvalue weighted by Crippen LogP contribution is 2.68. The summed E-state index contributed by atoms with van der Waals surface area (Å²) in [6.45, 7) is 6.86. The Kier molecular flexibility index (Phi) is 7.57. The average Bonchev–Trinajstić information content (AvgIpc) is 3.16. The topological polar surface area (TPSA) is 121 Å². The number of ether oxygens (including phenoxy) is 1. The molecule has 0 bridgehead atoms. The van der Waals surface area contributed by atoms with Gasteiger partial charge in [0.25, 0.3) is 0 Å². The van der Waals surface area contributed by atoms with Crippen molar-refractivity contribution in [1.29, 1.82) is 0 Å². The minimum absolute atomic E-state index is 0.0724. The van der Waals surface area contributed by atoms with E-state index in [0.717, 1.165) is 51.4 Å². The molecule has 0 amide bonds. The molecule has 4 saturated carbocycles. The Balaban J connectivity index is 1.43. The van der Waals surface area contributed by atoms with E-state index in [1.165, 1.54) is 0 Å². The predicted molar refractivity (Wildman–Crippen MR) is 129 cm³/mol. The van der Waals surface area contributed by atoms with Gasteiger partial charge in [-0.1, -0.05) is 20.8 Å². The molecule has 0 aromatic heterocycles. The zero-order valence-electron chi connectivity index (χ0n) is 21.6. The Morgan fingerprint density at radius 3 is 2.31 bits per heavy atom. The summed E-state index contributed by atoms with van der Waals surface area (Å²) in [5.41, 5.74) is -0.0125. The highest BCUT2D eigenvalue weighted by molar-refractivity contribution is 5.76. The molecule has 35 heavy (non-hydrogen) atoms. The highest BCUT2D eigenvalue weighted by atomic mass is 16.5. The van der Waals surface area contributed by atoms with Crippen LogP contribution < -0.4 is 0 Å². The number of rotatable bonds is 8. The van der Waals surface area contributed by atoms with Crippen LogP contribution in [0.2, 0.25) is 0 Å². The fourth-order valence-electron chi connectivity index (χ4n) is 9.26. The molecular formula is C28H44O7. The van der Waals surface area contributed by atoms with E-state index in [2.05, 4.69) is 20.8 Å². The monoisotopic (exact) mass is 492 g/mol. The molecule has 0 aromatic rings. The van der Waals surface area contributed by atoms with E-state index in [4.69, 9.17) is 14.9 Å². The van der Waals surface area contributed by atoms with E-state index in [1.54, 1.807) is 0 Å². The Morgan fingerprint density at radius 1 is 0.914 bits per heavy atom. The lowest BCUT2D eigenvalue weighted by atomic mass is 9.43. The number of esters is 1. The molecule has 4 aliphatic carbocycles. The van der Waals surface area contributed by atoms with E-state index in [-0.39, 0.29) is 42.3 Å². The van der Waals surface area contributed by atoms with E-state index < -0.39 is 17.9 Å². The maximum absolute atomic E-state index is 12.1. The minimum Gasteiger partial charge on any atom is -0.481 e. The number of hydrogen-bond donors (Lipinski definition) is 3. The molecule has 198 valence electrons. The number of carbonyl (C=O) groups excluding carboxylic acids is 1. The van der Waals surface area contributed by atoms with Gasteiger partial charge in [0.2, 0.25) is 0 Å². The van der Waals surface area contributed by atoms with Gasteiger partial charge in [0.05, 0.1) is 18.9 Å². The van der Waals surface area contributed by atoms with E-state index in [1.807, 2.05) is 0 Å². The van der Waals surface area contributed by atoms with Gasteiger partial charge in [-0.15, -0.1) is 0 Å². The van der Waals surface area contributed by atoms with Crippen LogP contribution in [0.15, 0.2) is 0 Å². The van der Waals surface area contributed by atoms with Crippen molar-refractivity contribution in [3.63, 3.8) is 0 Å². The molecule has 10 atom stereocenters. The third-order valence-electron chi connectivity index (χ3n) is 11.1. The van der Waals surface area contributed by atoms with Crippen molar-refractivity contribution < 1.29 is 34.4 Å². The summed E-state index contributed by atoms with van der Waals surface area (Å²) in [4.78, 5) is 34.0. The van der Waals surface area contributed by atoms with E-state index in [9.17, 15) is 19.5 Å². The van der Waals surface area contributed by atoms with Crippen LogP contribution >= 0.6 is 0 Å². The van der Waals surface area contributed by atoms with Crippen LogP contribution in [-0.2, 0) is 19.1 Å². The number of carbonyl (C=O) groups is 3. The maximum Gasteiger partial charge on any atom is 0.306 e. The van der Waals surface area contributed by atoms with Crippen molar-refractivity contribution in [3.05, 3.63) is 0 Å². The van der Waals surface area contributed by atoms with Gasteiger partial charge in [0.1, 0.15) is 6.10 Å². The summed E-state index contributed by atoms with van der Waals surface area (Å²) in [5.74, 6) is 0.533. The van der Waals surface area contributed by atoms with Crippen molar-refractivity contribution in [2.24, 2.45) is 46.3 Å². The first-order valence-corrected chi connectivity index (χ1v) is 13.8. The smallest absolute Gasteiger partial charge is 0.306 e. The van der Waals surface area contributed by atoms with Gasteiger partial charge in [-0.25, -0.2) is 0 Å². The zero-order chi connectivity index (χ0) is 25.5. The number of aliphatic carboxylic acids is 2. The Labute approximate surface area is 209 Å². The molecule has 0 radical (unpaired) electrons. The molecule has 0 spiro atoms. The summed E-state index contributed by atoms with van der Waals surface area (Å²) in [7, 11) is 0. The highest BCUT2D eigenvalue weighted by Gasteiger charge is 2.63. The van der Waals surface area contributed by atoms with Gasteiger partial charge in [-0.3, -0.25) is 14.4 Å². The number of carboxylic acid groups (broad SMARTS) is 2. The van der Waals surface area contributed by atoms with Gasteiger partial charge < -0.3 is 20.1 Å². The normalized spacial score (nSPS) is 43.4. The van der Waals surface area contributed by atoms with E-state index in [0.29, 0.717) is 41.9 Å². The fourth-order valence-corrected chi connectivity index (χ4v) is 9.26. The molecule has 0 heterocycles. The molecule has 0 aliphatic heterocycles. The minimum atomic E-state index is -0.982. The molecule has 4 fully saturated rings. The SMILES string of the molecule is C[C@H](CCC(=O)O)[C@@H]1CC[C@@H]2[C@@H]3CC[C@@H]4C[C@H](OC(=O)CCC(=O)O)CC[C@]4(C)[C@@H]3C[C@H](O)[C@@]21C. The lowest BCUT2D eigenvalue weighted by Crippen LogP contribution is -2.59. The summed E-state index contributed by atoms with van der Waals surface area (Å²) < 4.78 is 5.67. The second kappa shape index (κ2) is 10.0. The second-order valence-corrected chi connectivity index (χ2v) is 12.6. The third kappa shape index (κ3) is 4.86. The second-order valence-electron chi connectivity index (χ2n) is 12.6. The number of aliphatic hydroxyl groups excluding tert-OH is 1. The van der Waals surface area contributed by atoms with Crippen LogP contribution in [0.1, 0.15) is 97.8 Å². The fraction of sp³-hybridized carbons (Fsp3) is 0.893. The van der Waals surface area contributed by atoms with Crippen LogP contribution in [0.4, 0.5) is 0 Å². The number of hydrogen-bond acceptors (Lipinski definition) is 5. The van der Waals surface area contributed by atoms with Crippen molar-refractivity contribution >= 4 is 17.9 Å². The van der Waals surface area contributed by atoms with Crippen molar-refractivity contribution in [2.45, 2.75) is 110 Å². The van der Waals surface area contributed by atoms with Gasteiger partial charge in [0.15, 0.2) is 0 Å². The molecule has 7 heteroatoms. The first-order valence-electron chi connectivity index (χ1n) is 13.8. The molecule has 0 unspecified atom stereocenters. The van der Waals surface area contributed by atoms with Crippen molar-refractivity contribution in [1.82, 2.24) is 0 Å². The lowest BCUT2D eigenvalue weighted by molar-refractivity contribution is -0.182. The number of aliphatic hydroxyl groups is 1. The van der Waals surface area contributed by atoms with Gasteiger partial charge >= 0.3 is 17.9 Å². The molecule has 0 aromatic carbocycles. The number of carboxylic acids is 2. The largest absolute Gasteiger partial charge is 0.481 e. The number of fused-ring (bicyclic) bond motifs is 5. The molecule has 3 N–H and O–H groups in total. The zero-order valence-corrected chi connectivity index (χ0v) is 21.6. The van der Waals surface area contributed by atoms with Crippen LogP contribution in [0.3, 0.4) is 0 Å². The summed E-state index contributed by atoms with van der Waals surface area (Å²) in [6.07, 6.45) is 8.02. The van der Waals surface area contributed by atoms with Gasteiger partial charge in [0, 0.05) is 6.42 Å². The third-order valence-corrected chi connectivity index (χ3v) is 11.1. The van der Waals surface area contributed by atoms with Gasteiger partial charge in [-0.05, 0) is 104 Å². The van der Waals surface area contributed by atoms with Gasteiger partial charge in [-0.2, -0.15) is 0 Å². The van der Waals surface area contributed by atoms with Crippen LogP contribution in [0, 0.1) is 46.3 Å². The summed E-state index contributed by atoms with van der Waals surface area (Å²) in [5, 5.41) is 29.6. The molecule has 0 saturated heterocycles. The van der Waals surface area contributed by atoms with Crippen molar-refractivity contribution in [2.75, 3.05) is 0 Å². The van der Waals surface area contributed by atoms with Crippen LogP contribution in [0.5, 0.6) is 0 Å².